The number of pyridine rings is 1. The highest BCUT2D eigenvalue weighted by Crippen LogP contribution is 2.26. The van der Waals surface area contributed by atoms with E-state index in [1.807, 2.05) is 24.3 Å². The second kappa shape index (κ2) is 5.47. The van der Waals surface area contributed by atoms with Crippen molar-refractivity contribution in [3.05, 3.63) is 51.7 Å². The minimum atomic E-state index is -0.331. The molecule has 3 rings (SSSR count). The maximum absolute atomic E-state index is 12.2. The van der Waals surface area contributed by atoms with Crippen LogP contribution < -0.4 is 5.32 Å². The van der Waals surface area contributed by atoms with E-state index in [9.17, 15) is 4.79 Å². The number of thiazole rings is 1. The van der Waals surface area contributed by atoms with Crippen LogP contribution >= 0.6 is 38.9 Å². The van der Waals surface area contributed by atoms with E-state index in [0.717, 1.165) is 10.2 Å². The van der Waals surface area contributed by atoms with Gasteiger partial charge in [-0.25, -0.2) is 9.97 Å². The van der Waals surface area contributed by atoms with E-state index in [1.54, 1.807) is 6.07 Å². The fourth-order valence-electron chi connectivity index (χ4n) is 1.67. The van der Waals surface area contributed by atoms with Crippen molar-refractivity contribution >= 4 is 60.1 Å². The summed E-state index contributed by atoms with van der Waals surface area (Å²) >= 11 is 10.6. The highest BCUT2D eigenvalue weighted by atomic mass is 79.9. The Bertz CT molecular complexity index is 772. The van der Waals surface area contributed by atoms with Gasteiger partial charge in [0.15, 0.2) is 5.13 Å². The highest BCUT2D eigenvalue weighted by Gasteiger charge is 2.14. The van der Waals surface area contributed by atoms with Crippen LogP contribution in [0.5, 0.6) is 0 Å². The second-order valence-corrected chi connectivity index (χ2v) is 6.24. The fourth-order valence-corrected chi connectivity index (χ4v) is 3.05. The molecule has 2 aromatic heterocycles. The lowest BCUT2D eigenvalue weighted by molar-refractivity contribution is 0.102. The van der Waals surface area contributed by atoms with Crippen LogP contribution in [0.25, 0.3) is 10.2 Å². The number of nitrogens with one attached hydrogen (secondary N) is 1. The van der Waals surface area contributed by atoms with Crippen molar-refractivity contribution in [1.29, 1.82) is 0 Å². The van der Waals surface area contributed by atoms with E-state index in [2.05, 4.69) is 31.2 Å². The predicted molar refractivity (Wildman–Crippen MR) is 84.5 cm³/mol. The zero-order chi connectivity index (χ0) is 14.1. The number of amides is 1. The molecule has 0 fully saturated rings. The van der Waals surface area contributed by atoms with Crippen molar-refractivity contribution < 1.29 is 4.79 Å². The third-order valence-electron chi connectivity index (χ3n) is 2.56. The van der Waals surface area contributed by atoms with Crippen LogP contribution in [0.4, 0.5) is 5.13 Å². The first-order valence-corrected chi connectivity index (χ1v) is 7.60. The monoisotopic (exact) mass is 367 g/mol. The molecule has 0 saturated heterocycles. The van der Waals surface area contributed by atoms with Crippen molar-refractivity contribution in [1.82, 2.24) is 9.97 Å². The maximum Gasteiger partial charge on any atom is 0.260 e. The van der Waals surface area contributed by atoms with E-state index in [-0.39, 0.29) is 11.1 Å². The summed E-state index contributed by atoms with van der Waals surface area (Å²) in [5.74, 6) is -0.331. The lowest BCUT2D eigenvalue weighted by Gasteiger charge is -2.03. The molecule has 0 radical (unpaired) electrons. The van der Waals surface area contributed by atoms with Gasteiger partial charge in [-0.1, -0.05) is 35.1 Å². The number of hydrogen-bond acceptors (Lipinski definition) is 4. The first-order chi connectivity index (χ1) is 9.63. The Morgan fingerprint density at radius 3 is 2.95 bits per heavy atom. The van der Waals surface area contributed by atoms with Crippen LogP contribution in [0.15, 0.2) is 41.0 Å². The number of fused-ring (bicyclic) bond motifs is 1. The van der Waals surface area contributed by atoms with Gasteiger partial charge >= 0.3 is 0 Å². The van der Waals surface area contributed by atoms with E-state index in [4.69, 9.17) is 11.6 Å². The predicted octanol–water partition coefficient (Wildman–Crippen LogP) is 4.36. The van der Waals surface area contributed by atoms with Gasteiger partial charge in [-0.3, -0.25) is 10.1 Å². The molecule has 7 heteroatoms. The van der Waals surface area contributed by atoms with Crippen LogP contribution in [0.1, 0.15) is 10.4 Å². The van der Waals surface area contributed by atoms with Gasteiger partial charge in [-0.15, -0.1) is 0 Å². The van der Waals surface area contributed by atoms with E-state index < -0.39 is 0 Å². The third-order valence-corrected chi connectivity index (χ3v) is 4.25. The number of benzene rings is 1. The quantitative estimate of drug-likeness (QED) is 0.684. The Balaban J connectivity index is 1.90. The molecule has 4 nitrogen and oxygen atoms in total. The molecule has 0 bridgehead atoms. The number of carbonyl (C=O) groups is 1. The smallest absolute Gasteiger partial charge is 0.260 e. The summed E-state index contributed by atoms with van der Waals surface area (Å²) in [6.07, 6.45) is 1.54. The number of nitrogens with zero attached hydrogens (tertiary/aromatic N) is 2. The average Bonchev–Trinajstić information content (AvgIpc) is 2.83. The van der Waals surface area contributed by atoms with Crippen molar-refractivity contribution in [2.75, 3.05) is 5.32 Å². The number of rotatable bonds is 2. The van der Waals surface area contributed by atoms with Crippen LogP contribution in [-0.4, -0.2) is 15.9 Å². The topological polar surface area (TPSA) is 54.9 Å². The van der Waals surface area contributed by atoms with Gasteiger partial charge in [0.05, 0.1) is 15.8 Å². The van der Waals surface area contributed by atoms with Crippen molar-refractivity contribution in [3.63, 3.8) is 0 Å². The van der Waals surface area contributed by atoms with Crippen molar-refractivity contribution in [2.45, 2.75) is 0 Å². The number of hydrogen-bond donors (Lipinski definition) is 1. The molecule has 20 heavy (non-hydrogen) atoms. The van der Waals surface area contributed by atoms with Crippen LogP contribution in [0, 0.1) is 0 Å². The molecule has 0 unspecified atom stereocenters. The standard InChI is InChI=1S/C13H7BrClN3OS/c14-7-5-8(11(15)16-6-7)12(19)18-13-17-9-3-1-2-4-10(9)20-13/h1-6H,(H,17,18,19). The normalized spacial score (nSPS) is 10.7. The maximum atomic E-state index is 12.2. The summed E-state index contributed by atoms with van der Waals surface area (Å²) in [6.45, 7) is 0. The number of carbonyl (C=O) groups excluding carboxylic acids is 1. The van der Waals surface area contributed by atoms with E-state index >= 15 is 0 Å². The number of anilines is 1. The zero-order valence-electron chi connectivity index (χ0n) is 9.93. The molecular formula is C13H7BrClN3OS. The second-order valence-electron chi connectivity index (χ2n) is 3.93. The van der Waals surface area contributed by atoms with Crippen LogP contribution in [0.3, 0.4) is 0 Å². The molecule has 0 spiro atoms. The average molecular weight is 369 g/mol. The zero-order valence-corrected chi connectivity index (χ0v) is 13.1. The molecule has 1 aromatic carbocycles. The minimum absolute atomic E-state index is 0.159. The summed E-state index contributed by atoms with van der Waals surface area (Å²) in [5.41, 5.74) is 1.16. The molecule has 1 N–H and O–H groups in total. The number of para-hydroxylation sites is 1. The Morgan fingerprint density at radius 1 is 1.35 bits per heavy atom. The van der Waals surface area contributed by atoms with Gasteiger partial charge in [0.1, 0.15) is 5.15 Å². The Morgan fingerprint density at radius 2 is 2.15 bits per heavy atom. The summed E-state index contributed by atoms with van der Waals surface area (Å²) in [7, 11) is 0. The third kappa shape index (κ3) is 2.67. The molecule has 0 aliphatic heterocycles. The summed E-state index contributed by atoms with van der Waals surface area (Å²) in [6, 6.07) is 9.31. The van der Waals surface area contributed by atoms with Gasteiger partial charge in [0, 0.05) is 10.7 Å². The molecule has 100 valence electrons. The lowest BCUT2D eigenvalue weighted by Crippen LogP contribution is -2.12. The highest BCUT2D eigenvalue weighted by molar-refractivity contribution is 9.10. The van der Waals surface area contributed by atoms with Gasteiger partial charge in [-0.2, -0.15) is 0 Å². The van der Waals surface area contributed by atoms with Gasteiger partial charge in [0.2, 0.25) is 0 Å². The lowest BCUT2D eigenvalue weighted by atomic mass is 10.3. The fraction of sp³-hybridized carbons (Fsp3) is 0. The molecular weight excluding hydrogens is 362 g/mol. The molecule has 0 atom stereocenters. The first kappa shape index (κ1) is 13.5. The number of halogens is 2. The van der Waals surface area contributed by atoms with Gasteiger partial charge < -0.3 is 0 Å². The van der Waals surface area contributed by atoms with Crippen LogP contribution in [-0.2, 0) is 0 Å². The van der Waals surface area contributed by atoms with Crippen LogP contribution in [0.2, 0.25) is 5.15 Å². The van der Waals surface area contributed by atoms with E-state index in [0.29, 0.717) is 15.2 Å². The number of aromatic nitrogens is 2. The summed E-state index contributed by atoms with van der Waals surface area (Å²) < 4.78 is 1.71. The Labute approximate surface area is 131 Å². The van der Waals surface area contributed by atoms with Gasteiger partial charge in [0.25, 0.3) is 5.91 Å². The van der Waals surface area contributed by atoms with E-state index in [1.165, 1.54) is 17.5 Å². The van der Waals surface area contributed by atoms with Crippen molar-refractivity contribution in [2.24, 2.45) is 0 Å². The molecule has 2 heterocycles. The molecule has 0 aliphatic carbocycles. The minimum Gasteiger partial charge on any atom is -0.298 e. The molecule has 0 saturated carbocycles. The SMILES string of the molecule is O=C(Nc1nc2ccccc2s1)c1cc(Br)cnc1Cl. The molecule has 0 aliphatic rings. The Hall–Kier alpha value is -1.50. The molecule has 3 aromatic rings. The summed E-state index contributed by atoms with van der Waals surface area (Å²) in [4.78, 5) is 20.4. The Kier molecular flexibility index (Phi) is 3.69. The van der Waals surface area contributed by atoms with Crippen molar-refractivity contribution in [3.8, 4) is 0 Å². The van der Waals surface area contributed by atoms with Gasteiger partial charge in [-0.05, 0) is 34.1 Å². The largest absolute Gasteiger partial charge is 0.298 e. The summed E-state index contributed by atoms with van der Waals surface area (Å²) in [5, 5.41) is 3.43. The molecule has 1 amide bonds. The first-order valence-electron chi connectivity index (χ1n) is 5.61.